The first-order valence-electron chi connectivity index (χ1n) is 8.84. The summed E-state index contributed by atoms with van der Waals surface area (Å²) in [6.45, 7) is 1.74. The average molecular weight is 343 g/mol. The maximum atomic E-state index is 12.8. The Hall–Kier alpha value is -3.14. The van der Waals surface area contributed by atoms with Gasteiger partial charge in [-0.1, -0.05) is 48.5 Å². The number of anilines is 2. The van der Waals surface area contributed by atoms with Gasteiger partial charge in [-0.25, -0.2) is 4.98 Å². The van der Waals surface area contributed by atoms with Gasteiger partial charge < -0.3 is 9.80 Å². The Bertz CT molecular complexity index is 923. The van der Waals surface area contributed by atoms with Crippen LogP contribution in [-0.2, 0) is 13.0 Å². The Labute approximate surface area is 153 Å². The molecule has 0 saturated heterocycles. The summed E-state index contributed by atoms with van der Waals surface area (Å²) in [4.78, 5) is 21.3. The fourth-order valence-corrected chi connectivity index (χ4v) is 3.35. The lowest BCUT2D eigenvalue weighted by molar-refractivity contribution is 0.0988. The zero-order valence-electron chi connectivity index (χ0n) is 14.8. The van der Waals surface area contributed by atoms with Gasteiger partial charge in [-0.2, -0.15) is 0 Å². The monoisotopic (exact) mass is 343 g/mol. The number of aromatic nitrogens is 1. The first-order valence-corrected chi connectivity index (χ1v) is 8.84. The molecular formula is C22H21N3O. The molecule has 0 atom stereocenters. The van der Waals surface area contributed by atoms with E-state index in [0.29, 0.717) is 5.69 Å². The molecule has 0 bridgehead atoms. The first-order chi connectivity index (χ1) is 12.7. The number of fused-ring (bicyclic) bond motifs is 1. The molecule has 0 saturated carbocycles. The van der Waals surface area contributed by atoms with Crippen LogP contribution >= 0.6 is 0 Å². The predicted molar refractivity (Wildman–Crippen MR) is 105 cm³/mol. The average Bonchev–Trinajstić information content (AvgIpc) is 2.73. The number of benzene rings is 2. The van der Waals surface area contributed by atoms with E-state index in [1.807, 2.05) is 42.5 Å². The van der Waals surface area contributed by atoms with Crippen molar-refractivity contribution in [3.8, 4) is 0 Å². The van der Waals surface area contributed by atoms with Crippen LogP contribution in [0.15, 0.2) is 72.8 Å². The van der Waals surface area contributed by atoms with Crippen molar-refractivity contribution in [1.29, 1.82) is 0 Å². The molecule has 2 aromatic carbocycles. The topological polar surface area (TPSA) is 36.4 Å². The molecule has 4 nitrogen and oxygen atoms in total. The molecule has 0 aliphatic carbocycles. The number of nitrogens with zero attached hydrogens (tertiary/aromatic N) is 3. The number of amides is 1. The third-order valence-electron chi connectivity index (χ3n) is 4.86. The third-order valence-corrected chi connectivity index (χ3v) is 4.86. The lowest BCUT2D eigenvalue weighted by atomic mass is 10.00. The number of para-hydroxylation sites is 1. The van der Waals surface area contributed by atoms with E-state index >= 15 is 0 Å². The van der Waals surface area contributed by atoms with Gasteiger partial charge in [0, 0.05) is 25.8 Å². The second-order valence-electron chi connectivity index (χ2n) is 6.52. The van der Waals surface area contributed by atoms with Crippen LogP contribution in [0.25, 0.3) is 0 Å². The first kappa shape index (κ1) is 16.3. The van der Waals surface area contributed by atoms with E-state index in [1.165, 1.54) is 11.1 Å². The van der Waals surface area contributed by atoms with E-state index in [2.05, 4.69) is 34.1 Å². The fraction of sp³-hybridized carbons (Fsp3) is 0.182. The molecule has 0 spiro atoms. The van der Waals surface area contributed by atoms with Crippen molar-refractivity contribution >= 4 is 17.4 Å². The highest BCUT2D eigenvalue weighted by Gasteiger charge is 2.20. The number of carbonyl (C=O) groups excluding carboxylic acids is 1. The van der Waals surface area contributed by atoms with Crippen molar-refractivity contribution in [2.45, 2.75) is 13.0 Å². The molecule has 0 fully saturated rings. The number of hydrogen-bond acceptors (Lipinski definition) is 3. The Kier molecular flexibility index (Phi) is 4.40. The van der Waals surface area contributed by atoms with Gasteiger partial charge in [-0.05, 0) is 41.8 Å². The minimum absolute atomic E-state index is 0.101. The highest BCUT2D eigenvalue weighted by molar-refractivity contribution is 6.04. The van der Waals surface area contributed by atoms with Gasteiger partial charge >= 0.3 is 0 Å². The Morgan fingerprint density at radius 3 is 2.46 bits per heavy atom. The van der Waals surface area contributed by atoms with Gasteiger partial charge in [-0.15, -0.1) is 0 Å². The van der Waals surface area contributed by atoms with Crippen LogP contribution in [0.4, 0.5) is 11.5 Å². The normalized spacial score (nSPS) is 13.2. The van der Waals surface area contributed by atoms with Crippen molar-refractivity contribution < 1.29 is 4.79 Å². The van der Waals surface area contributed by atoms with Gasteiger partial charge in [0.15, 0.2) is 0 Å². The SMILES string of the molecule is CN(C(=O)c1cccc(N2CCc3ccccc3C2)n1)c1ccccc1. The van der Waals surface area contributed by atoms with Crippen LogP contribution in [-0.4, -0.2) is 24.5 Å². The second-order valence-corrected chi connectivity index (χ2v) is 6.52. The summed E-state index contributed by atoms with van der Waals surface area (Å²) in [6, 6.07) is 23.8. The summed E-state index contributed by atoms with van der Waals surface area (Å²) in [7, 11) is 1.78. The van der Waals surface area contributed by atoms with Crippen molar-refractivity contribution in [2.24, 2.45) is 0 Å². The summed E-state index contributed by atoms with van der Waals surface area (Å²) >= 11 is 0. The second kappa shape index (κ2) is 7.00. The van der Waals surface area contributed by atoms with Crippen LogP contribution < -0.4 is 9.80 Å². The molecule has 1 aliphatic rings. The van der Waals surface area contributed by atoms with Crippen molar-refractivity contribution in [3.63, 3.8) is 0 Å². The summed E-state index contributed by atoms with van der Waals surface area (Å²) in [5.41, 5.74) is 4.06. The van der Waals surface area contributed by atoms with E-state index < -0.39 is 0 Å². The van der Waals surface area contributed by atoms with Crippen LogP contribution in [0.3, 0.4) is 0 Å². The fourth-order valence-electron chi connectivity index (χ4n) is 3.35. The van der Waals surface area contributed by atoms with E-state index in [-0.39, 0.29) is 5.91 Å². The van der Waals surface area contributed by atoms with Gasteiger partial charge in [0.2, 0.25) is 0 Å². The van der Waals surface area contributed by atoms with E-state index in [1.54, 1.807) is 18.0 Å². The predicted octanol–water partition coefficient (Wildman–Crippen LogP) is 3.92. The summed E-state index contributed by atoms with van der Waals surface area (Å²) in [6.07, 6.45) is 1.000. The number of hydrogen-bond donors (Lipinski definition) is 0. The van der Waals surface area contributed by atoms with Crippen LogP contribution in [0.5, 0.6) is 0 Å². The molecule has 4 rings (SSSR count). The molecule has 1 aliphatic heterocycles. The van der Waals surface area contributed by atoms with Crippen molar-refractivity contribution in [2.75, 3.05) is 23.4 Å². The van der Waals surface area contributed by atoms with Gasteiger partial charge in [0.1, 0.15) is 11.5 Å². The number of pyridine rings is 1. The standard InChI is InChI=1S/C22H21N3O/c1-24(19-10-3-2-4-11-19)22(26)20-12-7-13-21(23-20)25-15-14-17-8-5-6-9-18(17)16-25/h2-13H,14-16H2,1H3. The molecule has 0 unspecified atom stereocenters. The van der Waals surface area contributed by atoms with Crippen LogP contribution in [0.2, 0.25) is 0 Å². The molecule has 2 heterocycles. The minimum Gasteiger partial charge on any atom is -0.352 e. The number of carbonyl (C=O) groups is 1. The summed E-state index contributed by atoms with van der Waals surface area (Å²) < 4.78 is 0. The maximum Gasteiger partial charge on any atom is 0.276 e. The highest BCUT2D eigenvalue weighted by Crippen LogP contribution is 2.23. The Morgan fingerprint density at radius 1 is 0.923 bits per heavy atom. The zero-order chi connectivity index (χ0) is 17.9. The van der Waals surface area contributed by atoms with Crippen LogP contribution in [0, 0.1) is 0 Å². The van der Waals surface area contributed by atoms with Gasteiger partial charge in [0.25, 0.3) is 5.91 Å². The molecule has 0 radical (unpaired) electrons. The summed E-state index contributed by atoms with van der Waals surface area (Å²) in [5.74, 6) is 0.752. The molecule has 0 N–H and O–H groups in total. The molecule has 130 valence electrons. The lowest BCUT2D eigenvalue weighted by Crippen LogP contribution is -2.32. The molecule has 26 heavy (non-hydrogen) atoms. The molecule has 1 amide bonds. The zero-order valence-corrected chi connectivity index (χ0v) is 14.8. The van der Waals surface area contributed by atoms with E-state index in [4.69, 9.17) is 0 Å². The largest absolute Gasteiger partial charge is 0.352 e. The molecule has 4 heteroatoms. The van der Waals surface area contributed by atoms with Gasteiger partial charge in [0.05, 0.1) is 0 Å². The smallest absolute Gasteiger partial charge is 0.276 e. The van der Waals surface area contributed by atoms with Crippen LogP contribution in [0.1, 0.15) is 21.6 Å². The quantitative estimate of drug-likeness (QED) is 0.723. The maximum absolute atomic E-state index is 12.8. The number of rotatable bonds is 3. The third kappa shape index (κ3) is 3.18. The lowest BCUT2D eigenvalue weighted by Gasteiger charge is -2.30. The van der Waals surface area contributed by atoms with Crippen molar-refractivity contribution in [3.05, 3.63) is 89.6 Å². The Morgan fingerprint density at radius 2 is 1.65 bits per heavy atom. The Balaban J connectivity index is 1.57. The van der Waals surface area contributed by atoms with Gasteiger partial charge in [-0.3, -0.25) is 4.79 Å². The van der Waals surface area contributed by atoms with E-state index in [0.717, 1.165) is 31.0 Å². The minimum atomic E-state index is -0.101. The van der Waals surface area contributed by atoms with Crippen molar-refractivity contribution in [1.82, 2.24) is 4.98 Å². The summed E-state index contributed by atoms with van der Waals surface area (Å²) in [5, 5.41) is 0. The molecule has 1 aromatic heterocycles. The highest BCUT2D eigenvalue weighted by atomic mass is 16.2. The van der Waals surface area contributed by atoms with E-state index in [9.17, 15) is 4.79 Å². The molecule has 3 aromatic rings. The molecular weight excluding hydrogens is 322 g/mol.